The summed E-state index contributed by atoms with van der Waals surface area (Å²) in [5.74, 6) is -0.350. The van der Waals surface area contributed by atoms with Crippen LogP contribution in [0.25, 0.3) is 27.8 Å². The molecule has 35 heavy (non-hydrogen) atoms. The van der Waals surface area contributed by atoms with Crippen molar-refractivity contribution < 1.29 is 22.7 Å². The second-order valence-corrected chi connectivity index (χ2v) is 9.93. The van der Waals surface area contributed by atoms with Gasteiger partial charge in [-0.05, 0) is 49.1 Å². The van der Waals surface area contributed by atoms with Crippen LogP contribution in [0.15, 0.2) is 77.7 Å². The maximum Gasteiger partial charge on any atom is 0.331 e. The number of methoxy groups -OCH3 is 1. The van der Waals surface area contributed by atoms with E-state index >= 15 is 0 Å². The van der Waals surface area contributed by atoms with Crippen molar-refractivity contribution in [2.45, 2.75) is 31.4 Å². The number of sulfonamides is 1. The minimum atomic E-state index is -3.78. The molecule has 0 aliphatic carbocycles. The van der Waals surface area contributed by atoms with E-state index in [0.717, 1.165) is 21.7 Å². The van der Waals surface area contributed by atoms with Gasteiger partial charge in [0.05, 0.1) is 18.3 Å². The Balaban J connectivity index is 1.54. The summed E-state index contributed by atoms with van der Waals surface area (Å²) in [7, 11) is -2.38. The zero-order chi connectivity index (χ0) is 25.0. The second kappa shape index (κ2) is 10.2. The van der Waals surface area contributed by atoms with Crippen LogP contribution in [0.3, 0.4) is 0 Å². The van der Waals surface area contributed by atoms with Crippen molar-refractivity contribution in [1.29, 1.82) is 0 Å². The number of benzene rings is 3. The van der Waals surface area contributed by atoms with E-state index in [2.05, 4.69) is 9.71 Å². The first-order chi connectivity index (χ1) is 16.8. The Morgan fingerprint density at radius 2 is 1.69 bits per heavy atom. The van der Waals surface area contributed by atoms with E-state index in [9.17, 15) is 13.2 Å². The van der Waals surface area contributed by atoms with Crippen LogP contribution in [0.1, 0.15) is 25.1 Å². The van der Waals surface area contributed by atoms with Gasteiger partial charge >= 0.3 is 5.97 Å². The van der Waals surface area contributed by atoms with Crippen LogP contribution >= 0.6 is 0 Å². The molecule has 0 aliphatic rings. The summed E-state index contributed by atoms with van der Waals surface area (Å²) in [6, 6.07) is 20.1. The maximum absolute atomic E-state index is 12.7. The van der Waals surface area contributed by atoms with Crippen LogP contribution in [0.5, 0.6) is 5.75 Å². The molecule has 4 aromatic rings. The van der Waals surface area contributed by atoms with Crippen molar-refractivity contribution in [1.82, 2.24) is 9.71 Å². The normalized spacial score (nSPS) is 12.0. The number of rotatable bonds is 8. The van der Waals surface area contributed by atoms with Crippen LogP contribution in [0.2, 0.25) is 0 Å². The number of hydrogen-bond donors (Lipinski definition) is 1. The number of pyridine rings is 1. The highest BCUT2D eigenvalue weighted by Gasteiger charge is 2.20. The number of nitrogens with one attached hydrogen (secondary N) is 1. The van der Waals surface area contributed by atoms with Gasteiger partial charge in [-0.15, -0.1) is 0 Å². The Hall–Kier alpha value is -3.75. The van der Waals surface area contributed by atoms with Gasteiger partial charge in [-0.2, -0.15) is 0 Å². The summed E-state index contributed by atoms with van der Waals surface area (Å²) >= 11 is 0. The molecule has 0 aliphatic heterocycles. The third kappa shape index (κ3) is 5.50. The molecule has 0 atom stereocenters. The van der Waals surface area contributed by atoms with E-state index < -0.39 is 16.0 Å². The molecule has 180 valence electrons. The Bertz CT molecular complexity index is 1530. The number of para-hydroxylation sites is 1. The van der Waals surface area contributed by atoms with E-state index in [1.54, 1.807) is 26.0 Å². The maximum atomic E-state index is 12.7. The molecule has 0 amide bonds. The van der Waals surface area contributed by atoms with Crippen molar-refractivity contribution in [3.63, 3.8) is 0 Å². The number of fused-ring (bicyclic) bond motifs is 3. The van der Waals surface area contributed by atoms with Gasteiger partial charge < -0.3 is 9.47 Å². The monoisotopic (exact) mass is 490 g/mol. The number of hydrogen-bond acceptors (Lipinski definition) is 6. The molecule has 0 bridgehead atoms. The van der Waals surface area contributed by atoms with E-state index in [-0.39, 0.29) is 23.3 Å². The van der Waals surface area contributed by atoms with Gasteiger partial charge in [-0.1, -0.05) is 48.5 Å². The van der Waals surface area contributed by atoms with Gasteiger partial charge in [0, 0.05) is 22.9 Å². The number of ether oxygens (including phenoxy) is 2. The minimum absolute atomic E-state index is 0.00366. The molecule has 0 spiro atoms. The van der Waals surface area contributed by atoms with Gasteiger partial charge in [0.1, 0.15) is 17.3 Å². The van der Waals surface area contributed by atoms with Crippen LogP contribution < -0.4 is 9.46 Å². The fraction of sp³-hybridized carbons (Fsp3) is 0.185. The molecule has 0 saturated carbocycles. The smallest absolute Gasteiger partial charge is 0.331 e. The third-order valence-electron chi connectivity index (χ3n) is 5.32. The summed E-state index contributed by atoms with van der Waals surface area (Å²) < 4.78 is 38.5. The molecule has 3 aromatic carbocycles. The molecule has 0 fully saturated rings. The van der Waals surface area contributed by atoms with Gasteiger partial charge in [0.15, 0.2) is 0 Å². The first-order valence-corrected chi connectivity index (χ1v) is 12.6. The average molecular weight is 491 g/mol. The van der Waals surface area contributed by atoms with Gasteiger partial charge in [-0.3, -0.25) is 0 Å². The lowest BCUT2D eigenvalue weighted by Gasteiger charge is -2.13. The molecule has 0 radical (unpaired) electrons. The molecule has 0 unspecified atom stereocenters. The lowest BCUT2D eigenvalue weighted by atomic mass is 10.0. The van der Waals surface area contributed by atoms with Crippen molar-refractivity contribution in [2.24, 2.45) is 0 Å². The molecule has 4 rings (SSSR count). The Morgan fingerprint density at radius 1 is 1.00 bits per heavy atom. The largest absolute Gasteiger partial charge is 0.495 e. The van der Waals surface area contributed by atoms with Crippen molar-refractivity contribution >= 4 is 43.7 Å². The van der Waals surface area contributed by atoms with Gasteiger partial charge in [-0.25, -0.2) is 22.9 Å². The predicted octanol–water partition coefficient (Wildman–Crippen LogP) is 4.84. The van der Waals surface area contributed by atoms with E-state index in [0.29, 0.717) is 11.3 Å². The molecule has 8 heteroatoms. The van der Waals surface area contributed by atoms with Gasteiger partial charge in [0.25, 0.3) is 0 Å². The summed E-state index contributed by atoms with van der Waals surface area (Å²) in [4.78, 5) is 17.1. The average Bonchev–Trinajstić information content (AvgIpc) is 2.85. The van der Waals surface area contributed by atoms with Crippen LogP contribution in [-0.4, -0.2) is 32.5 Å². The van der Waals surface area contributed by atoms with Crippen molar-refractivity contribution in [3.8, 4) is 5.75 Å². The standard InChI is InChI=1S/C27H26N2O5S/c1-18(2)29-35(31,32)26-16-19(12-14-25(26)33-3)13-15-27(30)34-17-24-22-10-5-4-8-20(22)21-9-6-7-11-23(21)28-24/h4-16,18,29H,17H2,1-3H3/b15-13+. The van der Waals surface area contributed by atoms with Crippen molar-refractivity contribution in [2.75, 3.05) is 7.11 Å². The second-order valence-electron chi connectivity index (χ2n) is 8.25. The molecule has 0 saturated heterocycles. The van der Waals surface area contributed by atoms with Gasteiger partial charge in [0.2, 0.25) is 10.0 Å². The first-order valence-electron chi connectivity index (χ1n) is 11.1. The fourth-order valence-corrected chi connectivity index (χ4v) is 5.27. The molecule has 1 aromatic heterocycles. The fourth-order valence-electron chi connectivity index (χ4n) is 3.82. The molecule has 1 N–H and O–H groups in total. The summed E-state index contributed by atoms with van der Waals surface area (Å²) in [5.41, 5.74) is 2.01. The molecular weight excluding hydrogens is 464 g/mol. The van der Waals surface area contributed by atoms with E-state index in [1.165, 1.54) is 25.3 Å². The van der Waals surface area contributed by atoms with Crippen LogP contribution in [0, 0.1) is 0 Å². The van der Waals surface area contributed by atoms with E-state index in [1.807, 2.05) is 48.5 Å². The number of carbonyl (C=O) groups is 1. The van der Waals surface area contributed by atoms with E-state index in [4.69, 9.17) is 9.47 Å². The number of aromatic nitrogens is 1. The zero-order valence-electron chi connectivity index (χ0n) is 19.7. The zero-order valence-corrected chi connectivity index (χ0v) is 20.5. The lowest BCUT2D eigenvalue weighted by Crippen LogP contribution is -2.30. The Morgan fingerprint density at radius 3 is 2.40 bits per heavy atom. The van der Waals surface area contributed by atoms with Crippen molar-refractivity contribution in [3.05, 3.63) is 84.1 Å². The van der Waals surface area contributed by atoms with Crippen LogP contribution in [0.4, 0.5) is 0 Å². The number of carbonyl (C=O) groups excluding carboxylic acids is 1. The summed E-state index contributed by atoms with van der Waals surface area (Å²) in [5, 5.41) is 3.00. The summed E-state index contributed by atoms with van der Waals surface area (Å²) in [6.07, 6.45) is 2.76. The number of nitrogens with zero attached hydrogens (tertiary/aromatic N) is 1. The number of esters is 1. The highest BCUT2D eigenvalue weighted by molar-refractivity contribution is 7.89. The SMILES string of the molecule is COc1ccc(/C=C/C(=O)OCc2nc3ccccc3c3ccccc23)cc1S(=O)(=O)NC(C)C. The molecule has 7 nitrogen and oxygen atoms in total. The molecule has 1 heterocycles. The predicted molar refractivity (Wildman–Crippen MR) is 137 cm³/mol. The minimum Gasteiger partial charge on any atom is -0.495 e. The topological polar surface area (TPSA) is 94.6 Å². The van der Waals surface area contributed by atoms with Crippen LogP contribution in [-0.2, 0) is 26.2 Å². The summed E-state index contributed by atoms with van der Waals surface area (Å²) in [6.45, 7) is 3.48. The quantitative estimate of drug-likeness (QED) is 0.216. The highest BCUT2D eigenvalue weighted by atomic mass is 32.2. The highest BCUT2D eigenvalue weighted by Crippen LogP contribution is 2.27. The molecular formula is C27H26N2O5S. The lowest BCUT2D eigenvalue weighted by molar-refractivity contribution is -0.138. The first kappa shape index (κ1) is 24.4. The Labute approximate surface area is 204 Å². The third-order valence-corrected chi connectivity index (χ3v) is 7.00. The Kier molecular flexibility index (Phi) is 7.14.